The van der Waals surface area contributed by atoms with Gasteiger partial charge >= 0.3 is 0 Å². The molecule has 0 aliphatic carbocycles. The Morgan fingerprint density at radius 3 is 2.86 bits per heavy atom. The summed E-state index contributed by atoms with van der Waals surface area (Å²) >= 11 is 0. The van der Waals surface area contributed by atoms with E-state index in [2.05, 4.69) is 10.6 Å². The van der Waals surface area contributed by atoms with Crippen molar-refractivity contribution in [1.29, 1.82) is 0 Å². The quantitative estimate of drug-likeness (QED) is 0.837. The van der Waals surface area contributed by atoms with Gasteiger partial charge < -0.3 is 15.4 Å². The Morgan fingerprint density at radius 2 is 2.09 bits per heavy atom. The molecule has 0 bridgehead atoms. The van der Waals surface area contributed by atoms with Gasteiger partial charge in [0.25, 0.3) is 17.9 Å². The van der Waals surface area contributed by atoms with E-state index in [4.69, 9.17) is 4.74 Å². The number of amides is 2. The lowest BCUT2D eigenvalue weighted by atomic mass is 10.1. The van der Waals surface area contributed by atoms with E-state index in [0.717, 1.165) is 11.6 Å². The number of benzene rings is 2. The predicted molar refractivity (Wildman–Crippen MR) is 79.3 cm³/mol. The molecule has 6 heteroatoms. The van der Waals surface area contributed by atoms with Crippen molar-refractivity contribution < 1.29 is 18.7 Å². The molecule has 5 nitrogen and oxygen atoms in total. The average Bonchev–Trinajstić information content (AvgIpc) is 2.46. The van der Waals surface area contributed by atoms with Gasteiger partial charge in [-0.2, -0.15) is 0 Å². The second-order valence-electron chi connectivity index (χ2n) is 4.99. The van der Waals surface area contributed by atoms with Gasteiger partial charge in [0.15, 0.2) is 0 Å². The summed E-state index contributed by atoms with van der Waals surface area (Å²) in [6.07, 6.45) is -1.32. The predicted octanol–water partition coefficient (Wildman–Crippen LogP) is 2.47. The average molecular weight is 300 g/mol. The molecule has 0 radical (unpaired) electrons. The van der Waals surface area contributed by atoms with E-state index in [9.17, 15) is 14.0 Å². The molecule has 3 rings (SSSR count). The van der Waals surface area contributed by atoms with Crippen LogP contribution in [0.25, 0.3) is 0 Å². The van der Waals surface area contributed by atoms with Crippen LogP contribution in [-0.4, -0.2) is 17.9 Å². The Kier molecular flexibility index (Phi) is 3.50. The molecular formula is C16H13FN2O3. The highest BCUT2D eigenvalue weighted by Gasteiger charge is 2.34. The Labute approximate surface area is 126 Å². The number of fused-ring (bicyclic) bond motifs is 1. The van der Waals surface area contributed by atoms with E-state index >= 15 is 0 Å². The first-order valence-corrected chi connectivity index (χ1v) is 6.67. The molecule has 1 atom stereocenters. The van der Waals surface area contributed by atoms with E-state index in [1.54, 1.807) is 12.1 Å². The van der Waals surface area contributed by atoms with Crippen LogP contribution >= 0.6 is 0 Å². The molecule has 0 fully saturated rings. The van der Waals surface area contributed by atoms with Crippen molar-refractivity contribution in [2.24, 2.45) is 0 Å². The SMILES string of the molecule is Cc1ccc2c(c1)NC(=O)[C@H](C(=O)Nc1cccc(F)c1)O2. The standard InChI is InChI=1S/C16H13FN2O3/c1-9-5-6-13-12(7-9)19-16(21)14(22-13)15(20)18-11-4-2-3-10(17)8-11/h2-8,14H,1H3,(H,18,20)(H,19,21)/t14-/m0/s1. The Morgan fingerprint density at radius 1 is 1.27 bits per heavy atom. The number of hydrogen-bond acceptors (Lipinski definition) is 3. The van der Waals surface area contributed by atoms with Crippen molar-refractivity contribution in [2.45, 2.75) is 13.0 Å². The number of nitrogens with one attached hydrogen (secondary N) is 2. The van der Waals surface area contributed by atoms with Gasteiger partial charge in [-0.05, 0) is 42.8 Å². The molecule has 0 saturated heterocycles. The summed E-state index contributed by atoms with van der Waals surface area (Å²) in [6, 6.07) is 10.7. The van der Waals surface area contributed by atoms with Gasteiger partial charge in [-0.15, -0.1) is 0 Å². The van der Waals surface area contributed by atoms with E-state index in [0.29, 0.717) is 11.4 Å². The summed E-state index contributed by atoms with van der Waals surface area (Å²) in [5.74, 6) is -1.28. The third kappa shape index (κ3) is 2.76. The maximum atomic E-state index is 13.1. The molecule has 2 N–H and O–H groups in total. The van der Waals surface area contributed by atoms with Gasteiger partial charge in [-0.3, -0.25) is 9.59 Å². The molecule has 2 aromatic carbocycles. The lowest BCUT2D eigenvalue weighted by Crippen LogP contribution is -2.45. The zero-order valence-electron chi connectivity index (χ0n) is 11.7. The van der Waals surface area contributed by atoms with Gasteiger partial charge in [0.05, 0.1) is 5.69 Å². The molecule has 2 aromatic rings. The molecule has 0 unspecified atom stereocenters. The highest BCUT2D eigenvalue weighted by Crippen LogP contribution is 2.30. The number of aryl methyl sites for hydroxylation is 1. The van der Waals surface area contributed by atoms with Gasteiger partial charge in [0, 0.05) is 5.69 Å². The van der Waals surface area contributed by atoms with Crippen LogP contribution < -0.4 is 15.4 Å². The maximum Gasteiger partial charge on any atom is 0.275 e. The van der Waals surface area contributed by atoms with Crippen molar-refractivity contribution in [3.8, 4) is 5.75 Å². The maximum absolute atomic E-state index is 13.1. The van der Waals surface area contributed by atoms with Crippen LogP contribution in [0.4, 0.5) is 15.8 Å². The first-order chi connectivity index (χ1) is 10.5. The van der Waals surface area contributed by atoms with Crippen molar-refractivity contribution in [2.75, 3.05) is 10.6 Å². The number of rotatable bonds is 2. The smallest absolute Gasteiger partial charge is 0.275 e. The molecule has 0 aromatic heterocycles. The van der Waals surface area contributed by atoms with Crippen molar-refractivity contribution >= 4 is 23.2 Å². The van der Waals surface area contributed by atoms with E-state index < -0.39 is 23.7 Å². The highest BCUT2D eigenvalue weighted by atomic mass is 19.1. The van der Waals surface area contributed by atoms with Gasteiger partial charge in [0.2, 0.25) is 0 Å². The number of anilines is 2. The summed E-state index contributed by atoms with van der Waals surface area (Å²) in [5.41, 5.74) is 1.75. The minimum Gasteiger partial charge on any atom is -0.468 e. The van der Waals surface area contributed by atoms with Crippen molar-refractivity contribution in [1.82, 2.24) is 0 Å². The van der Waals surface area contributed by atoms with Crippen LogP contribution in [0.5, 0.6) is 5.75 Å². The largest absolute Gasteiger partial charge is 0.468 e. The van der Waals surface area contributed by atoms with Crippen LogP contribution in [0, 0.1) is 12.7 Å². The molecule has 22 heavy (non-hydrogen) atoms. The van der Waals surface area contributed by atoms with E-state index in [-0.39, 0.29) is 5.69 Å². The summed E-state index contributed by atoms with van der Waals surface area (Å²) < 4.78 is 18.6. The first-order valence-electron chi connectivity index (χ1n) is 6.67. The molecule has 1 heterocycles. The molecule has 1 aliphatic heterocycles. The van der Waals surface area contributed by atoms with Crippen LogP contribution in [0.2, 0.25) is 0 Å². The van der Waals surface area contributed by atoms with Crippen LogP contribution in [0.1, 0.15) is 5.56 Å². The first kappa shape index (κ1) is 14.1. The van der Waals surface area contributed by atoms with Gasteiger partial charge in [0.1, 0.15) is 11.6 Å². The number of hydrogen-bond donors (Lipinski definition) is 2. The summed E-state index contributed by atoms with van der Waals surface area (Å²) in [6.45, 7) is 1.88. The molecule has 0 spiro atoms. The van der Waals surface area contributed by atoms with Gasteiger partial charge in [-0.1, -0.05) is 12.1 Å². The highest BCUT2D eigenvalue weighted by molar-refractivity contribution is 6.15. The normalized spacial score (nSPS) is 16.3. The summed E-state index contributed by atoms with van der Waals surface area (Å²) in [5, 5.41) is 5.09. The van der Waals surface area contributed by atoms with Crippen molar-refractivity contribution in [3.63, 3.8) is 0 Å². The number of carbonyl (C=O) groups excluding carboxylic acids is 2. The summed E-state index contributed by atoms with van der Waals surface area (Å²) in [7, 11) is 0. The molecule has 2 amide bonds. The lowest BCUT2D eigenvalue weighted by Gasteiger charge is -2.25. The monoisotopic (exact) mass is 300 g/mol. The third-order valence-electron chi connectivity index (χ3n) is 3.21. The van der Waals surface area contributed by atoms with Gasteiger partial charge in [-0.25, -0.2) is 4.39 Å². The molecule has 1 aliphatic rings. The zero-order valence-corrected chi connectivity index (χ0v) is 11.7. The Balaban J connectivity index is 1.79. The fourth-order valence-corrected chi connectivity index (χ4v) is 2.17. The second-order valence-corrected chi connectivity index (χ2v) is 4.99. The molecule has 0 saturated carbocycles. The number of halogens is 1. The second kappa shape index (κ2) is 5.48. The fraction of sp³-hybridized carbons (Fsp3) is 0.125. The fourth-order valence-electron chi connectivity index (χ4n) is 2.17. The van der Waals surface area contributed by atoms with Crippen molar-refractivity contribution in [3.05, 3.63) is 53.8 Å². The van der Waals surface area contributed by atoms with E-state index in [1.807, 2.05) is 13.0 Å². The lowest BCUT2D eigenvalue weighted by molar-refractivity contribution is -0.133. The van der Waals surface area contributed by atoms with Crippen LogP contribution in [0.3, 0.4) is 0 Å². The zero-order chi connectivity index (χ0) is 15.7. The Hall–Kier alpha value is -2.89. The molecule has 112 valence electrons. The van der Waals surface area contributed by atoms with Crippen LogP contribution in [0.15, 0.2) is 42.5 Å². The van der Waals surface area contributed by atoms with E-state index in [1.165, 1.54) is 18.2 Å². The number of ether oxygens (including phenoxy) is 1. The molecular weight excluding hydrogens is 287 g/mol. The minimum absolute atomic E-state index is 0.260. The summed E-state index contributed by atoms with van der Waals surface area (Å²) in [4.78, 5) is 24.1. The van der Waals surface area contributed by atoms with Crippen LogP contribution in [-0.2, 0) is 9.59 Å². The topological polar surface area (TPSA) is 67.4 Å². The third-order valence-corrected chi connectivity index (χ3v) is 3.21. The Bertz CT molecular complexity index is 761. The minimum atomic E-state index is -1.32. The number of carbonyl (C=O) groups is 2.